The van der Waals surface area contributed by atoms with E-state index in [0.717, 1.165) is 18.2 Å². The number of carbonyl (C=O) groups excluding carboxylic acids is 1. The quantitative estimate of drug-likeness (QED) is 0.304. The Morgan fingerprint density at radius 3 is 2.18 bits per heavy atom. The Bertz CT molecular complexity index is 603. The molecule has 0 aliphatic heterocycles. The minimum Gasteiger partial charge on any atom is -0.494 e. The summed E-state index contributed by atoms with van der Waals surface area (Å²) in [7, 11) is -1.51. The number of ether oxygens (including phenoxy) is 1. The maximum atomic E-state index is 12.3. The standard InChI is InChI=1S/C18H21ClO2Si/c1-22(2,19)14-6-13-21-17-11-9-16(10-12-17)18(20)15-7-4-3-5-8-15/h3-5,7-12H,6,13-14H2,1-2H3. The molecule has 0 radical (unpaired) electrons. The van der Waals surface area contributed by atoms with Crippen LogP contribution in [0.5, 0.6) is 5.75 Å². The van der Waals surface area contributed by atoms with Crippen LogP contribution in [-0.4, -0.2) is 19.8 Å². The van der Waals surface area contributed by atoms with Crippen molar-refractivity contribution in [2.75, 3.05) is 6.61 Å². The average molecular weight is 333 g/mol. The summed E-state index contributed by atoms with van der Waals surface area (Å²) >= 11 is 6.27. The minimum absolute atomic E-state index is 0.0297. The van der Waals surface area contributed by atoms with Crippen molar-refractivity contribution in [1.82, 2.24) is 0 Å². The number of benzene rings is 2. The highest BCUT2D eigenvalue weighted by Crippen LogP contribution is 2.18. The summed E-state index contributed by atoms with van der Waals surface area (Å²) in [5, 5.41) is 0. The van der Waals surface area contributed by atoms with Crippen LogP contribution in [0.1, 0.15) is 22.3 Å². The Balaban J connectivity index is 1.89. The Morgan fingerprint density at radius 1 is 1.00 bits per heavy atom. The van der Waals surface area contributed by atoms with E-state index in [-0.39, 0.29) is 5.78 Å². The molecule has 4 heteroatoms. The van der Waals surface area contributed by atoms with Gasteiger partial charge in [0.2, 0.25) is 0 Å². The van der Waals surface area contributed by atoms with Gasteiger partial charge in [0, 0.05) is 11.1 Å². The molecular formula is C18H21ClO2Si. The molecule has 0 saturated heterocycles. The first-order valence-corrected chi connectivity index (χ1v) is 11.7. The van der Waals surface area contributed by atoms with Gasteiger partial charge in [0.25, 0.3) is 0 Å². The van der Waals surface area contributed by atoms with Crippen molar-refractivity contribution in [3.8, 4) is 5.75 Å². The zero-order valence-electron chi connectivity index (χ0n) is 13.0. The SMILES string of the molecule is C[Si](C)(Cl)CCCOc1ccc(C(=O)c2ccccc2)cc1. The fraction of sp³-hybridized carbons (Fsp3) is 0.278. The normalized spacial score (nSPS) is 11.2. The number of ketones is 1. The zero-order valence-corrected chi connectivity index (χ0v) is 14.8. The first kappa shape index (κ1) is 16.8. The van der Waals surface area contributed by atoms with Crippen molar-refractivity contribution >= 4 is 24.2 Å². The van der Waals surface area contributed by atoms with Crippen molar-refractivity contribution in [2.24, 2.45) is 0 Å². The van der Waals surface area contributed by atoms with Crippen LogP contribution in [-0.2, 0) is 0 Å². The van der Waals surface area contributed by atoms with E-state index in [2.05, 4.69) is 13.1 Å². The van der Waals surface area contributed by atoms with Crippen LogP contribution in [0.3, 0.4) is 0 Å². The Morgan fingerprint density at radius 2 is 1.59 bits per heavy atom. The molecule has 22 heavy (non-hydrogen) atoms. The average Bonchev–Trinajstić information content (AvgIpc) is 2.51. The van der Waals surface area contributed by atoms with E-state index in [0.29, 0.717) is 17.7 Å². The van der Waals surface area contributed by atoms with Gasteiger partial charge in [-0.25, -0.2) is 0 Å². The highest BCUT2D eigenvalue weighted by atomic mass is 35.6. The van der Waals surface area contributed by atoms with Crippen LogP contribution in [0.15, 0.2) is 54.6 Å². The van der Waals surface area contributed by atoms with E-state index < -0.39 is 7.38 Å². The van der Waals surface area contributed by atoms with Gasteiger partial charge in [-0.15, -0.1) is 0 Å². The van der Waals surface area contributed by atoms with Gasteiger partial charge in [-0.1, -0.05) is 43.4 Å². The van der Waals surface area contributed by atoms with Gasteiger partial charge < -0.3 is 4.74 Å². The van der Waals surface area contributed by atoms with Crippen molar-refractivity contribution in [3.63, 3.8) is 0 Å². The third-order valence-electron chi connectivity index (χ3n) is 3.34. The molecule has 0 fully saturated rings. The van der Waals surface area contributed by atoms with Crippen LogP contribution in [0.4, 0.5) is 0 Å². The van der Waals surface area contributed by atoms with Crippen molar-refractivity contribution in [1.29, 1.82) is 0 Å². The first-order valence-electron chi connectivity index (χ1n) is 7.47. The molecule has 0 heterocycles. The summed E-state index contributed by atoms with van der Waals surface area (Å²) < 4.78 is 5.69. The summed E-state index contributed by atoms with van der Waals surface area (Å²) in [5.41, 5.74) is 1.37. The van der Waals surface area contributed by atoms with E-state index >= 15 is 0 Å². The number of rotatable bonds is 7. The third kappa shape index (κ3) is 5.32. The molecular weight excluding hydrogens is 312 g/mol. The summed E-state index contributed by atoms with van der Waals surface area (Å²) in [6.07, 6.45) is 0.966. The van der Waals surface area contributed by atoms with Crippen LogP contribution in [0.25, 0.3) is 0 Å². The smallest absolute Gasteiger partial charge is 0.193 e. The van der Waals surface area contributed by atoms with Gasteiger partial charge in [-0.3, -0.25) is 4.79 Å². The maximum Gasteiger partial charge on any atom is 0.193 e. The second kappa shape index (κ2) is 7.61. The van der Waals surface area contributed by atoms with Crippen molar-refractivity contribution < 1.29 is 9.53 Å². The molecule has 116 valence electrons. The molecule has 0 N–H and O–H groups in total. The fourth-order valence-corrected chi connectivity index (χ4v) is 3.53. The van der Waals surface area contributed by atoms with Gasteiger partial charge in [-0.05, 0) is 36.7 Å². The predicted octanol–water partition coefficient (Wildman–Crippen LogP) is 5.13. The predicted molar refractivity (Wildman–Crippen MR) is 94.6 cm³/mol. The highest BCUT2D eigenvalue weighted by molar-refractivity contribution is 7.19. The largest absolute Gasteiger partial charge is 0.494 e. The van der Waals surface area contributed by atoms with E-state index in [4.69, 9.17) is 15.8 Å². The maximum absolute atomic E-state index is 12.3. The zero-order chi connectivity index (χ0) is 16.0. The molecule has 2 rings (SSSR count). The molecule has 2 aromatic rings. The van der Waals surface area contributed by atoms with Gasteiger partial charge in [-0.2, -0.15) is 11.1 Å². The number of halogens is 1. The molecule has 0 saturated carbocycles. The number of hydrogen-bond acceptors (Lipinski definition) is 2. The molecule has 0 amide bonds. The summed E-state index contributed by atoms with van der Waals surface area (Å²) in [6, 6.07) is 17.6. The van der Waals surface area contributed by atoms with E-state index in [1.54, 1.807) is 0 Å². The van der Waals surface area contributed by atoms with Gasteiger partial charge in [0.15, 0.2) is 13.2 Å². The first-order chi connectivity index (χ1) is 10.5. The topological polar surface area (TPSA) is 26.3 Å². The molecule has 0 spiro atoms. The second-order valence-corrected chi connectivity index (χ2v) is 12.9. The van der Waals surface area contributed by atoms with Crippen molar-refractivity contribution in [2.45, 2.75) is 25.6 Å². The summed E-state index contributed by atoms with van der Waals surface area (Å²) in [5.74, 6) is 0.820. The Hall–Kier alpha value is -1.58. The van der Waals surface area contributed by atoms with Crippen LogP contribution >= 0.6 is 11.1 Å². The molecule has 2 aromatic carbocycles. The van der Waals surface area contributed by atoms with Crippen LogP contribution in [0.2, 0.25) is 19.1 Å². The highest BCUT2D eigenvalue weighted by Gasteiger charge is 2.15. The van der Waals surface area contributed by atoms with E-state index in [9.17, 15) is 4.79 Å². The van der Waals surface area contributed by atoms with Crippen molar-refractivity contribution in [3.05, 3.63) is 65.7 Å². The van der Waals surface area contributed by atoms with Gasteiger partial charge in [0.1, 0.15) is 5.75 Å². The molecule has 0 bridgehead atoms. The number of carbonyl (C=O) groups is 1. The summed E-state index contributed by atoms with van der Waals surface area (Å²) in [4.78, 5) is 12.3. The second-order valence-electron chi connectivity index (χ2n) is 5.89. The monoisotopic (exact) mass is 332 g/mol. The van der Waals surface area contributed by atoms with E-state index in [1.807, 2.05) is 54.6 Å². The van der Waals surface area contributed by atoms with E-state index in [1.165, 1.54) is 0 Å². The summed E-state index contributed by atoms with van der Waals surface area (Å²) in [6.45, 7) is 4.94. The van der Waals surface area contributed by atoms with Gasteiger partial charge in [0.05, 0.1) is 6.61 Å². The minimum atomic E-state index is -1.51. The molecule has 0 aliphatic carbocycles. The lowest BCUT2D eigenvalue weighted by Crippen LogP contribution is -2.16. The lowest BCUT2D eigenvalue weighted by Gasteiger charge is -2.13. The molecule has 0 atom stereocenters. The lowest BCUT2D eigenvalue weighted by atomic mass is 10.0. The molecule has 0 aliphatic rings. The molecule has 0 unspecified atom stereocenters. The van der Waals surface area contributed by atoms with Crippen LogP contribution < -0.4 is 4.74 Å². The Kier molecular flexibility index (Phi) is 5.81. The molecule has 2 nitrogen and oxygen atoms in total. The number of hydrogen-bond donors (Lipinski definition) is 0. The lowest BCUT2D eigenvalue weighted by molar-refractivity contribution is 0.103. The van der Waals surface area contributed by atoms with Crippen LogP contribution in [0, 0.1) is 0 Å². The fourth-order valence-electron chi connectivity index (χ4n) is 2.14. The third-order valence-corrected chi connectivity index (χ3v) is 5.45. The Labute approximate surface area is 137 Å². The molecule has 0 aromatic heterocycles. The van der Waals surface area contributed by atoms with Gasteiger partial charge >= 0.3 is 0 Å².